The summed E-state index contributed by atoms with van der Waals surface area (Å²) in [6.45, 7) is 0. The Balaban J connectivity index is 2.11. The molecule has 188 valence electrons. The van der Waals surface area contributed by atoms with Crippen molar-refractivity contribution >= 4 is 37.9 Å². The van der Waals surface area contributed by atoms with Gasteiger partial charge in [-0.2, -0.15) is 0 Å². The average molecular weight is 658 g/mol. The van der Waals surface area contributed by atoms with Crippen molar-refractivity contribution in [3.8, 4) is 51.1 Å². The second-order valence-corrected chi connectivity index (χ2v) is 24.6. The zero-order valence-electron chi connectivity index (χ0n) is 21.7. The van der Waals surface area contributed by atoms with Crippen LogP contribution in [-0.2, 0) is 0 Å². The van der Waals surface area contributed by atoms with Crippen LogP contribution in [-0.4, -0.2) is 56.6 Å². The van der Waals surface area contributed by atoms with E-state index in [0.29, 0.717) is 17.2 Å². The third-order valence-electron chi connectivity index (χ3n) is 6.12. The normalized spacial score (nSPS) is 11.3. The molecule has 36 heavy (non-hydrogen) atoms. The number of aromatic nitrogens is 2. The van der Waals surface area contributed by atoms with Gasteiger partial charge >= 0.3 is 226 Å². The van der Waals surface area contributed by atoms with E-state index in [4.69, 9.17) is 24.0 Å². The van der Waals surface area contributed by atoms with Gasteiger partial charge in [0.2, 0.25) is 0 Å². The predicted octanol–water partition coefficient (Wildman–Crippen LogP) is 6.55. The van der Waals surface area contributed by atoms with Crippen LogP contribution >= 0.6 is 15.9 Å². The summed E-state index contributed by atoms with van der Waals surface area (Å²) in [5.74, 6) is 2.73. The van der Waals surface area contributed by atoms with Crippen LogP contribution in [0.3, 0.4) is 0 Å². The Bertz CT molecular complexity index is 1380. The summed E-state index contributed by atoms with van der Waals surface area (Å²) in [4.78, 5) is 7.19. The molecule has 0 N–H and O–H groups in total. The van der Waals surface area contributed by atoms with Crippen LogP contribution in [0.25, 0.3) is 28.1 Å². The molecule has 0 aliphatic carbocycles. The Morgan fingerprint density at radius 2 is 1.22 bits per heavy atom. The van der Waals surface area contributed by atoms with Crippen LogP contribution in [0.15, 0.2) is 65.3 Å². The molecule has 0 atom stereocenters. The molecule has 0 aliphatic rings. The van der Waals surface area contributed by atoms with Gasteiger partial charge in [-0.05, 0) is 0 Å². The first-order valence-corrected chi connectivity index (χ1v) is 22.3. The number of ether oxygens (including phenoxy) is 4. The maximum atomic E-state index is 5.72. The fourth-order valence-corrected chi connectivity index (χ4v) is 9.34. The summed E-state index contributed by atoms with van der Waals surface area (Å²) in [7, 11) is 6.63. The summed E-state index contributed by atoms with van der Waals surface area (Å²) in [5.41, 5.74) is 4.96. The zero-order chi connectivity index (χ0) is 26.0. The Morgan fingerprint density at radius 3 is 1.78 bits per heavy atom. The van der Waals surface area contributed by atoms with Gasteiger partial charge in [0, 0.05) is 0 Å². The molecule has 0 spiro atoms. The Morgan fingerprint density at radius 1 is 0.694 bits per heavy atom. The molecule has 1 aromatic heterocycles. The van der Waals surface area contributed by atoms with E-state index < -0.39 is 18.4 Å². The van der Waals surface area contributed by atoms with Crippen molar-refractivity contribution < 1.29 is 18.9 Å². The van der Waals surface area contributed by atoms with Gasteiger partial charge in [0.15, 0.2) is 0 Å². The number of nitrogens with zero attached hydrogens (tertiary/aromatic N) is 2. The molecule has 6 nitrogen and oxygen atoms in total. The number of hydrogen-bond donors (Lipinski definition) is 0. The Labute approximate surface area is 225 Å². The molecular weight excluding hydrogens is 627 g/mol. The van der Waals surface area contributed by atoms with Crippen molar-refractivity contribution in [3.05, 3.63) is 65.3 Å². The van der Waals surface area contributed by atoms with Crippen LogP contribution in [0, 0.1) is 0 Å². The van der Waals surface area contributed by atoms with Crippen molar-refractivity contribution in [2.75, 3.05) is 28.4 Å². The number of hydrogen-bond acceptors (Lipinski definition) is 5. The second-order valence-electron chi connectivity index (χ2n) is 9.34. The van der Waals surface area contributed by atoms with Gasteiger partial charge in [-0.15, -0.1) is 0 Å². The third-order valence-corrected chi connectivity index (χ3v) is 12.6. The summed E-state index contributed by atoms with van der Waals surface area (Å²) >= 11 is 1.13. The molecule has 1 heterocycles. The van der Waals surface area contributed by atoms with Crippen molar-refractivity contribution in [3.63, 3.8) is 0 Å². The standard InChI is InChI=1S/C25H22BrN2O4.3CH3.Sn/c1-29-21-11-10-16(12-22(21)30-2)19-15-27-28(17-8-6-5-7-9-17)25(19)18-13-23(31-3)24(32-4)14-20(18)26;;;;/h5-9,11-15H,1-4H3;3*1H3;. The molecule has 0 radical (unpaired) electrons. The fraction of sp³-hybridized carbons (Fsp3) is 0.250. The summed E-state index contributed by atoms with van der Waals surface area (Å²) in [6.07, 6.45) is 1.94. The van der Waals surface area contributed by atoms with E-state index in [9.17, 15) is 0 Å². The summed E-state index contributed by atoms with van der Waals surface area (Å²) < 4.78 is 26.8. The summed E-state index contributed by atoms with van der Waals surface area (Å²) in [5, 5.41) is 4.87. The molecule has 3 aromatic carbocycles. The first kappa shape index (κ1) is 26.4. The minimum atomic E-state index is -2.65. The van der Waals surface area contributed by atoms with Gasteiger partial charge in [0.1, 0.15) is 0 Å². The fourth-order valence-electron chi connectivity index (χ4n) is 4.33. The molecule has 0 saturated heterocycles. The molecule has 0 saturated carbocycles. The summed E-state index contributed by atoms with van der Waals surface area (Å²) in [6, 6.07) is 18.3. The molecule has 8 heteroatoms. The van der Waals surface area contributed by atoms with E-state index in [1.807, 2.05) is 53.3 Å². The first-order chi connectivity index (χ1) is 17.2. The number of benzene rings is 3. The predicted molar refractivity (Wildman–Crippen MR) is 151 cm³/mol. The van der Waals surface area contributed by atoms with Gasteiger partial charge in [-0.3, -0.25) is 0 Å². The first-order valence-electron chi connectivity index (χ1n) is 11.6. The third kappa shape index (κ3) is 4.95. The van der Waals surface area contributed by atoms with Gasteiger partial charge in [0.05, 0.1) is 0 Å². The second kappa shape index (κ2) is 10.8. The van der Waals surface area contributed by atoms with E-state index >= 15 is 0 Å². The van der Waals surface area contributed by atoms with Gasteiger partial charge in [0.25, 0.3) is 0 Å². The monoisotopic (exact) mass is 658 g/mol. The van der Waals surface area contributed by atoms with Gasteiger partial charge in [-0.1, -0.05) is 0 Å². The molecule has 0 amide bonds. The van der Waals surface area contributed by atoms with Crippen LogP contribution in [0.1, 0.15) is 0 Å². The van der Waals surface area contributed by atoms with E-state index in [0.717, 1.165) is 38.3 Å². The quantitative estimate of drug-likeness (QED) is 0.201. The van der Waals surface area contributed by atoms with E-state index in [1.54, 1.807) is 28.4 Å². The Kier molecular flexibility index (Phi) is 7.90. The van der Waals surface area contributed by atoms with Gasteiger partial charge < -0.3 is 0 Å². The molecule has 0 fully saturated rings. The van der Waals surface area contributed by atoms with E-state index in [2.05, 4.69) is 42.9 Å². The number of halogens is 1. The van der Waals surface area contributed by atoms with Crippen molar-refractivity contribution in [1.82, 2.24) is 9.78 Å². The van der Waals surface area contributed by atoms with Gasteiger partial charge in [-0.25, -0.2) is 0 Å². The Hall–Kier alpha value is -2.65. The molecule has 0 unspecified atom stereocenters. The van der Waals surface area contributed by atoms with Crippen LogP contribution in [0.5, 0.6) is 23.0 Å². The zero-order valence-corrected chi connectivity index (χ0v) is 26.1. The number of methoxy groups -OCH3 is 4. The average Bonchev–Trinajstić information content (AvgIpc) is 3.32. The molecule has 4 aromatic rings. The van der Waals surface area contributed by atoms with E-state index in [1.165, 1.54) is 3.58 Å². The van der Waals surface area contributed by atoms with E-state index in [-0.39, 0.29) is 0 Å². The molecular formula is C28H31BrN2O4Sn. The van der Waals surface area contributed by atoms with Crippen LogP contribution < -0.4 is 22.5 Å². The van der Waals surface area contributed by atoms with Crippen LogP contribution in [0.4, 0.5) is 0 Å². The molecule has 0 bridgehead atoms. The van der Waals surface area contributed by atoms with Crippen molar-refractivity contribution in [2.24, 2.45) is 0 Å². The van der Waals surface area contributed by atoms with Crippen molar-refractivity contribution in [2.45, 2.75) is 14.8 Å². The van der Waals surface area contributed by atoms with Crippen molar-refractivity contribution in [1.29, 1.82) is 0 Å². The minimum absolute atomic E-state index is 0.644. The topological polar surface area (TPSA) is 54.7 Å². The SMILES string of the molecule is COc1cc(Br)c(-c2c(-c3cc(OC)c(OC)c[c]3[Sn]([CH3])([CH3])[CH3])cnn2-c2ccccc2)cc1OC. The maximum absolute atomic E-state index is 5.72. The van der Waals surface area contributed by atoms with Crippen LogP contribution in [0.2, 0.25) is 14.8 Å². The number of para-hydroxylation sites is 1. The number of rotatable bonds is 8. The molecule has 0 aliphatic heterocycles. The molecule has 4 rings (SSSR count).